The van der Waals surface area contributed by atoms with Crippen LogP contribution in [0, 0.1) is 0 Å². The number of amides is 1. The van der Waals surface area contributed by atoms with Crippen molar-refractivity contribution in [3.05, 3.63) is 66.4 Å². The second kappa shape index (κ2) is 7.37. The highest BCUT2D eigenvalue weighted by Gasteiger charge is 2.15. The van der Waals surface area contributed by atoms with Crippen LogP contribution in [0.4, 0.5) is 5.82 Å². The fourth-order valence-electron chi connectivity index (χ4n) is 2.94. The lowest BCUT2D eigenvalue weighted by molar-refractivity contribution is -0.120. The number of anilines is 1. The number of rotatable bonds is 5. The molecule has 0 unspecified atom stereocenters. The molecule has 2 aromatic carbocycles. The number of nitrogens with two attached hydrogens (primary N) is 2. The zero-order valence-electron chi connectivity index (χ0n) is 14.8. The maximum atomic E-state index is 11.6. The third-order valence-corrected chi connectivity index (χ3v) is 4.23. The van der Waals surface area contributed by atoms with Crippen molar-refractivity contribution in [1.29, 1.82) is 0 Å². The lowest BCUT2D eigenvalue weighted by atomic mass is 10.1. The maximum absolute atomic E-state index is 11.6. The van der Waals surface area contributed by atoms with E-state index in [1.165, 1.54) is 0 Å². The van der Waals surface area contributed by atoms with E-state index in [2.05, 4.69) is 20.6 Å². The summed E-state index contributed by atoms with van der Waals surface area (Å²) in [5, 5.41) is 7.63. The molecule has 6 N–H and O–H groups in total. The van der Waals surface area contributed by atoms with Gasteiger partial charge in [-0.2, -0.15) is 5.10 Å². The Balaban J connectivity index is 1.71. The van der Waals surface area contributed by atoms with Crippen molar-refractivity contribution >= 4 is 22.6 Å². The number of fused-ring (bicyclic) bond motifs is 1. The summed E-state index contributed by atoms with van der Waals surface area (Å²) in [5.41, 5.74) is 10.8. The molecule has 0 saturated carbocycles. The van der Waals surface area contributed by atoms with E-state index < -0.39 is 0 Å². The predicted octanol–water partition coefficient (Wildman–Crippen LogP) is 2.53. The molecule has 0 saturated heterocycles. The molecule has 0 aliphatic rings. The van der Waals surface area contributed by atoms with Crippen LogP contribution in [0.3, 0.4) is 0 Å². The SMILES string of the molecule is NNC(=O)Cc1cc2[nH]nc(N)c2c(-c2ccc(Oc3ccccc3)cc2)n1. The average molecular weight is 374 g/mol. The first-order valence-electron chi connectivity index (χ1n) is 8.60. The van der Waals surface area contributed by atoms with Gasteiger partial charge in [-0.1, -0.05) is 18.2 Å². The van der Waals surface area contributed by atoms with E-state index in [0.717, 1.165) is 11.3 Å². The molecule has 8 heteroatoms. The predicted molar refractivity (Wildman–Crippen MR) is 106 cm³/mol. The largest absolute Gasteiger partial charge is 0.457 e. The number of hydrogen-bond acceptors (Lipinski definition) is 6. The molecule has 140 valence electrons. The summed E-state index contributed by atoms with van der Waals surface area (Å²) in [4.78, 5) is 16.3. The number of aromatic nitrogens is 3. The first kappa shape index (κ1) is 17.5. The van der Waals surface area contributed by atoms with Crippen LogP contribution in [-0.2, 0) is 11.2 Å². The summed E-state index contributed by atoms with van der Waals surface area (Å²) in [7, 11) is 0. The number of nitrogens with one attached hydrogen (secondary N) is 2. The van der Waals surface area contributed by atoms with E-state index in [0.29, 0.717) is 33.9 Å². The van der Waals surface area contributed by atoms with E-state index in [1.807, 2.05) is 54.6 Å². The van der Waals surface area contributed by atoms with E-state index in [9.17, 15) is 4.79 Å². The van der Waals surface area contributed by atoms with E-state index in [1.54, 1.807) is 6.07 Å². The first-order valence-corrected chi connectivity index (χ1v) is 8.60. The van der Waals surface area contributed by atoms with Gasteiger partial charge in [0.05, 0.1) is 28.7 Å². The number of nitrogen functional groups attached to an aromatic ring is 1. The smallest absolute Gasteiger partial charge is 0.239 e. The number of carbonyl (C=O) groups excluding carboxylic acids is 1. The quantitative estimate of drug-likeness (QED) is 0.241. The van der Waals surface area contributed by atoms with Crippen molar-refractivity contribution in [2.45, 2.75) is 6.42 Å². The Kier molecular flexibility index (Phi) is 4.61. The number of hydrogen-bond donors (Lipinski definition) is 4. The van der Waals surface area contributed by atoms with Crippen LogP contribution in [-0.4, -0.2) is 21.1 Å². The second-order valence-corrected chi connectivity index (χ2v) is 6.18. The number of pyridine rings is 1. The minimum Gasteiger partial charge on any atom is -0.457 e. The number of para-hydroxylation sites is 1. The molecule has 0 aliphatic carbocycles. The van der Waals surface area contributed by atoms with Crippen molar-refractivity contribution in [3.63, 3.8) is 0 Å². The summed E-state index contributed by atoms with van der Waals surface area (Å²) < 4.78 is 5.83. The minimum atomic E-state index is -0.336. The van der Waals surface area contributed by atoms with Crippen molar-refractivity contribution in [2.75, 3.05) is 5.73 Å². The van der Waals surface area contributed by atoms with Gasteiger partial charge in [-0.3, -0.25) is 20.3 Å². The second-order valence-electron chi connectivity index (χ2n) is 6.18. The highest BCUT2D eigenvalue weighted by Crippen LogP contribution is 2.32. The lowest BCUT2D eigenvalue weighted by Crippen LogP contribution is -2.31. The monoisotopic (exact) mass is 374 g/mol. The Bertz CT molecular complexity index is 1120. The van der Waals surface area contributed by atoms with E-state index in [-0.39, 0.29) is 12.3 Å². The fraction of sp³-hybridized carbons (Fsp3) is 0.0500. The number of H-pyrrole nitrogens is 1. The summed E-state index contributed by atoms with van der Waals surface area (Å²) in [5.74, 6) is 6.65. The van der Waals surface area contributed by atoms with Crippen LogP contribution in [0.15, 0.2) is 60.7 Å². The zero-order chi connectivity index (χ0) is 19.5. The van der Waals surface area contributed by atoms with Gasteiger partial charge in [0.25, 0.3) is 0 Å². The third-order valence-electron chi connectivity index (χ3n) is 4.23. The minimum absolute atomic E-state index is 0.0492. The fourth-order valence-corrected chi connectivity index (χ4v) is 2.94. The Morgan fingerprint density at radius 3 is 2.50 bits per heavy atom. The first-order chi connectivity index (χ1) is 13.6. The average Bonchev–Trinajstić information content (AvgIpc) is 3.09. The molecule has 0 spiro atoms. The molecule has 0 bridgehead atoms. The Hall–Kier alpha value is -3.91. The highest BCUT2D eigenvalue weighted by molar-refractivity contribution is 6.00. The van der Waals surface area contributed by atoms with Gasteiger partial charge in [0.1, 0.15) is 11.5 Å². The molecule has 28 heavy (non-hydrogen) atoms. The van der Waals surface area contributed by atoms with Gasteiger partial charge in [-0.05, 0) is 42.5 Å². The topological polar surface area (TPSA) is 132 Å². The molecule has 0 atom stereocenters. The highest BCUT2D eigenvalue weighted by atomic mass is 16.5. The van der Waals surface area contributed by atoms with E-state index >= 15 is 0 Å². The number of carbonyl (C=O) groups is 1. The molecule has 4 rings (SSSR count). The summed E-state index contributed by atoms with van der Waals surface area (Å²) in [6.45, 7) is 0. The Labute approximate surface area is 160 Å². The molecule has 0 fully saturated rings. The molecular formula is C20H18N6O2. The van der Waals surface area contributed by atoms with Crippen molar-refractivity contribution in [1.82, 2.24) is 20.6 Å². The molecule has 2 aromatic heterocycles. The van der Waals surface area contributed by atoms with Crippen molar-refractivity contribution in [3.8, 4) is 22.8 Å². The number of aromatic amines is 1. The molecule has 0 radical (unpaired) electrons. The summed E-state index contributed by atoms with van der Waals surface area (Å²) >= 11 is 0. The third kappa shape index (κ3) is 3.49. The van der Waals surface area contributed by atoms with Gasteiger partial charge < -0.3 is 10.5 Å². The number of ether oxygens (including phenoxy) is 1. The Morgan fingerprint density at radius 1 is 1.07 bits per heavy atom. The van der Waals surface area contributed by atoms with Crippen LogP contribution in [0.5, 0.6) is 11.5 Å². The standard InChI is InChI=1S/C20H18N6O2/c21-20-18-16(25-26-20)10-13(11-17(27)24-22)23-19(18)12-6-8-15(9-7-12)28-14-4-2-1-3-5-14/h1-10H,11,22H2,(H,24,27)(H3,21,25,26). The lowest BCUT2D eigenvalue weighted by Gasteiger charge is -2.09. The van der Waals surface area contributed by atoms with Crippen molar-refractivity contribution in [2.24, 2.45) is 5.84 Å². The van der Waals surface area contributed by atoms with Gasteiger partial charge in [-0.25, -0.2) is 5.84 Å². The number of benzene rings is 2. The van der Waals surface area contributed by atoms with Gasteiger partial charge in [0.15, 0.2) is 5.82 Å². The van der Waals surface area contributed by atoms with Gasteiger partial charge in [0.2, 0.25) is 5.91 Å². The molecular weight excluding hydrogens is 356 g/mol. The normalized spacial score (nSPS) is 10.8. The van der Waals surface area contributed by atoms with Crippen LogP contribution in [0.25, 0.3) is 22.2 Å². The van der Waals surface area contributed by atoms with Crippen LogP contribution >= 0.6 is 0 Å². The number of hydrazine groups is 1. The van der Waals surface area contributed by atoms with Crippen molar-refractivity contribution < 1.29 is 9.53 Å². The summed E-state index contributed by atoms with van der Waals surface area (Å²) in [6.07, 6.45) is 0.0492. The van der Waals surface area contributed by atoms with Crippen LogP contribution < -0.4 is 21.7 Å². The number of nitrogens with zero attached hydrogens (tertiary/aromatic N) is 2. The zero-order valence-corrected chi connectivity index (χ0v) is 14.8. The van der Waals surface area contributed by atoms with E-state index in [4.69, 9.17) is 16.3 Å². The summed E-state index contributed by atoms with van der Waals surface area (Å²) in [6, 6.07) is 18.7. The molecule has 4 aromatic rings. The Morgan fingerprint density at radius 2 is 1.79 bits per heavy atom. The molecule has 0 aliphatic heterocycles. The van der Waals surface area contributed by atoms with Gasteiger partial charge >= 0.3 is 0 Å². The molecule has 1 amide bonds. The molecule has 2 heterocycles. The van der Waals surface area contributed by atoms with Crippen LogP contribution in [0.2, 0.25) is 0 Å². The van der Waals surface area contributed by atoms with Gasteiger partial charge in [-0.15, -0.1) is 0 Å². The molecule has 8 nitrogen and oxygen atoms in total. The van der Waals surface area contributed by atoms with Crippen LogP contribution in [0.1, 0.15) is 5.69 Å². The van der Waals surface area contributed by atoms with Gasteiger partial charge in [0, 0.05) is 5.56 Å². The maximum Gasteiger partial charge on any atom is 0.239 e.